The summed E-state index contributed by atoms with van der Waals surface area (Å²) >= 11 is 11.8. The molecule has 1 aliphatic carbocycles. The van der Waals surface area contributed by atoms with Crippen LogP contribution in [-0.2, 0) is 6.18 Å². The quantitative estimate of drug-likeness (QED) is 0.385. The highest BCUT2D eigenvalue weighted by molar-refractivity contribution is 6.32. The summed E-state index contributed by atoms with van der Waals surface area (Å²) in [6.07, 6.45) is -3.10. The highest BCUT2D eigenvalue weighted by atomic mass is 35.5. The van der Waals surface area contributed by atoms with Crippen molar-refractivity contribution in [3.8, 4) is 11.6 Å². The second-order valence-corrected chi connectivity index (χ2v) is 7.84. The zero-order chi connectivity index (χ0) is 21.5. The van der Waals surface area contributed by atoms with Crippen LogP contribution in [0.15, 0.2) is 60.8 Å². The average Bonchev–Trinajstić information content (AvgIpc) is 3.50. The maximum atomic E-state index is 12.7. The highest BCUT2D eigenvalue weighted by Crippen LogP contribution is 2.49. The van der Waals surface area contributed by atoms with E-state index in [0.29, 0.717) is 22.5 Å². The van der Waals surface area contributed by atoms with Gasteiger partial charge in [-0.25, -0.2) is 4.98 Å². The predicted molar refractivity (Wildman–Crippen MR) is 107 cm³/mol. The van der Waals surface area contributed by atoms with Crippen LogP contribution in [0, 0.1) is 5.92 Å². The van der Waals surface area contributed by atoms with Crippen LogP contribution < -0.4 is 4.74 Å². The van der Waals surface area contributed by atoms with Gasteiger partial charge in [0.2, 0.25) is 5.88 Å². The van der Waals surface area contributed by atoms with Gasteiger partial charge in [0.15, 0.2) is 5.78 Å². The van der Waals surface area contributed by atoms with Gasteiger partial charge in [-0.1, -0.05) is 35.3 Å². The third-order valence-electron chi connectivity index (χ3n) is 4.91. The molecule has 0 bridgehead atoms. The molecule has 0 spiro atoms. The number of carbonyl (C=O) groups is 1. The fraction of sp³-hybridized carbons (Fsp3) is 0.182. The summed E-state index contributed by atoms with van der Waals surface area (Å²) in [7, 11) is 0. The largest absolute Gasteiger partial charge is 0.438 e. The van der Waals surface area contributed by atoms with E-state index in [0.717, 1.165) is 18.1 Å². The molecule has 0 N–H and O–H groups in total. The maximum absolute atomic E-state index is 12.7. The molecular formula is C22H14Cl2F3NO2. The molecule has 1 saturated carbocycles. The first-order valence-electron chi connectivity index (χ1n) is 9.03. The minimum absolute atomic E-state index is 0.0344. The number of rotatable bonds is 5. The monoisotopic (exact) mass is 451 g/mol. The Hall–Kier alpha value is -2.57. The number of ether oxygens (including phenoxy) is 1. The lowest BCUT2D eigenvalue weighted by Gasteiger charge is -2.10. The molecule has 0 amide bonds. The SMILES string of the molecule is O=C(c1ccc(Oc2ncc(C(F)(F)F)cc2Cl)cc1)[C@@H]1C[C@@H]1c1ccc(Cl)cc1. The normalized spacial score (nSPS) is 18.2. The first kappa shape index (κ1) is 20.7. The molecular weight excluding hydrogens is 438 g/mol. The Morgan fingerprint density at radius 2 is 1.70 bits per heavy atom. The molecule has 2 aromatic carbocycles. The fourth-order valence-corrected chi connectivity index (χ4v) is 3.56. The summed E-state index contributed by atoms with van der Waals surface area (Å²) < 4.78 is 43.5. The number of carbonyl (C=O) groups excluding carboxylic acids is 1. The standard InChI is InChI=1S/C22H14Cl2F3NO2/c23-15-5-1-12(2-6-15)17-10-18(17)20(29)13-3-7-16(8-4-13)30-21-19(24)9-14(11-28-21)22(25,26)27/h1-9,11,17-18H,10H2/t17-,18-/m1/s1. The Labute approximate surface area is 180 Å². The topological polar surface area (TPSA) is 39.2 Å². The first-order chi connectivity index (χ1) is 14.2. The summed E-state index contributed by atoms with van der Waals surface area (Å²) in [6.45, 7) is 0. The lowest BCUT2D eigenvalue weighted by molar-refractivity contribution is -0.137. The summed E-state index contributed by atoms with van der Waals surface area (Å²) in [5.74, 6) is 0.302. The molecule has 1 aromatic heterocycles. The van der Waals surface area contributed by atoms with Crippen molar-refractivity contribution < 1.29 is 22.7 Å². The summed E-state index contributed by atoms with van der Waals surface area (Å²) in [5, 5.41) is 0.397. The zero-order valence-electron chi connectivity index (χ0n) is 15.3. The summed E-state index contributed by atoms with van der Waals surface area (Å²) in [6, 6.07) is 14.6. The van der Waals surface area contributed by atoms with Crippen LogP contribution >= 0.6 is 23.2 Å². The van der Waals surface area contributed by atoms with E-state index >= 15 is 0 Å². The molecule has 8 heteroatoms. The molecule has 154 valence electrons. The molecule has 30 heavy (non-hydrogen) atoms. The van der Waals surface area contributed by atoms with Gasteiger partial charge in [0.1, 0.15) is 10.8 Å². The van der Waals surface area contributed by atoms with Crippen LogP contribution in [0.2, 0.25) is 10.0 Å². The number of benzene rings is 2. The molecule has 2 atom stereocenters. The molecule has 1 aliphatic rings. The lowest BCUT2D eigenvalue weighted by atomic mass is 10.0. The number of ketones is 1. The molecule has 3 nitrogen and oxygen atoms in total. The maximum Gasteiger partial charge on any atom is 0.417 e. The molecule has 3 aromatic rings. The third kappa shape index (κ3) is 4.45. The predicted octanol–water partition coefficient (Wildman–Crippen LogP) is 7.19. The van der Waals surface area contributed by atoms with E-state index < -0.39 is 11.7 Å². The van der Waals surface area contributed by atoms with Gasteiger partial charge in [0.05, 0.1) is 5.56 Å². The van der Waals surface area contributed by atoms with Gasteiger partial charge in [-0.05, 0) is 60.4 Å². The van der Waals surface area contributed by atoms with Gasteiger partial charge >= 0.3 is 6.18 Å². The van der Waals surface area contributed by atoms with Crippen molar-refractivity contribution >= 4 is 29.0 Å². The molecule has 0 saturated heterocycles. The van der Waals surface area contributed by atoms with Gasteiger partial charge in [0, 0.05) is 22.7 Å². The highest BCUT2D eigenvalue weighted by Gasteiger charge is 2.43. The summed E-state index contributed by atoms with van der Waals surface area (Å²) in [4.78, 5) is 16.3. The van der Waals surface area contributed by atoms with Crippen molar-refractivity contribution in [3.63, 3.8) is 0 Å². The molecule has 0 aliphatic heterocycles. The van der Waals surface area contributed by atoms with E-state index in [9.17, 15) is 18.0 Å². The van der Waals surface area contributed by atoms with E-state index in [2.05, 4.69) is 4.98 Å². The minimum atomic E-state index is -4.54. The Balaban J connectivity index is 1.42. The fourth-order valence-electron chi connectivity index (χ4n) is 3.23. The number of pyridine rings is 1. The molecule has 0 radical (unpaired) electrons. The number of alkyl halides is 3. The number of nitrogens with zero attached hydrogens (tertiary/aromatic N) is 1. The van der Waals surface area contributed by atoms with Crippen molar-refractivity contribution in [1.82, 2.24) is 4.98 Å². The molecule has 1 heterocycles. The van der Waals surface area contributed by atoms with E-state index in [1.54, 1.807) is 24.3 Å². The molecule has 1 fully saturated rings. The van der Waals surface area contributed by atoms with Gasteiger partial charge in [0.25, 0.3) is 0 Å². The van der Waals surface area contributed by atoms with E-state index in [-0.39, 0.29) is 28.5 Å². The van der Waals surface area contributed by atoms with E-state index in [4.69, 9.17) is 27.9 Å². The van der Waals surface area contributed by atoms with Crippen LogP contribution in [0.25, 0.3) is 0 Å². The number of halogens is 5. The molecule has 0 unspecified atom stereocenters. The van der Waals surface area contributed by atoms with Crippen molar-refractivity contribution in [2.24, 2.45) is 5.92 Å². The Morgan fingerprint density at radius 3 is 2.30 bits per heavy atom. The third-order valence-corrected chi connectivity index (χ3v) is 5.44. The van der Waals surface area contributed by atoms with Crippen LogP contribution in [0.3, 0.4) is 0 Å². The van der Waals surface area contributed by atoms with Crippen LogP contribution in [0.1, 0.15) is 33.8 Å². The lowest BCUT2D eigenvalue weighted by Crippen LogP contribution is -2.06. The van der Waals surface area contributed by atoms with Gasteiger partial charge in [-0.15, -0.1) is 0 Å². The van der Waals surface area contributed by atoms with Gasteiger partial charge < -0.3 is 4.74 Å². The van der Waals surface area contributed by atoms with Gasteiger partial charge in [-0.2, -0.15) is 13.2 Å². The van der Waals surface area contributed by atoms with E-state index in [1.165, 1.54) is 0 Å². The molecule has 4 rings (SSSR count). The van der Waals surface area contributed by atoms with Crippen LogP contribution in [-0.4, -0.2) is 10.8 Å². The number of hydrogen-bond acceptors (Lipinski definition) is 3. The smallest absolute Gasteiger partial charge is 0.417 e. The Morgan fingerprint density at radius 1 is 1.03 bits per heavy atom. The Kier molecular flexibility index (Phi) is 5.47. The minimum Gasteiger partial charge on any atom is -0.438 e. The van der Waals surface area contributed by atoms with Crippen LogP contribution in [0.4, 0.5) is 13.2 Å². The van der Waals surface area contributed by atoms with Crippen LogP contribution in [0.5, 0.6) is 11.6 Å². The number of hydrogen-bond donors (Lipinski definition) is 0. The number of Topliss-reactive ketones (excluding diaryl/α,β-unsaturated/α-hetero) is 1. The van der Waals surface area contributed by atoms with Gasteiger partial charge in [-0.3, -0.25) is 4.79 Å². The van der Waals surface area contributed by atoms with E-state index in [1.807, 2.05) is 24.3 Å². The zero-order valence-corrected chi connectivity index (χ0v) is 16.8. The average molecular weight is 452 g/mol. The second kappa shape index (κ2) is 7.93. The van der Waals surface area contributed by atoms with Crippen molar-refractivity contribution in [3.05, 3.63) is 87.5 Å². The second-order valence-electron chi connectivity index (χ2n) is 7.00. The first-order valence-corrected chi connectivity index (χ1v) is 9.78. The number of aromatic nitrogens is 1. The van der Waals surface area contributed by atoms with Crippen molar-refractivity contribution in [2.45, 2.75) is 18.5 Å². The van der Waals surface area contributed by atoms with Crippen molar-refractivity contribution in [1.29, 1.82) is 0 Å². The summed E-state index contributed by atoms with van der Waals surface area (Å²) in [5.41, 5.74) is 0.663. The Bertz CT molecular complexity index is 1080. The van der Waals surface area contributed by atoms with Crippen molar-refractivity contribution in [2.75, 3.05) is 0 Å².